The van der Waals surface area contributed by atoms with E-state index in [1.54, 1.807) is 0 Å². The molecule has 1 amide bonds. The van der Waals surface area contributed by atoms with E-state index in [0.29, 0.717) is 5.69 Å². The second-order valence-electron chi connectivity index (χ2n) is 5.73. The normalized spacial score (nSPS) is 16.4. The molecule has 0 aliphatic carbocycles. The summed E-state index contributed by atoms with van der Waals surface area (Å²) in [4.78, 5) is 18.9. The number of nitrogens with zero attached hydrogens (tertiary/aromatic N) is 3. The topological polar surface area (TPSA) is 74.5 Å². The predicted molar refractivity (Wildman–Crippen MR) is 92.9 cm³/mol. The van der Waals surface area contributed by atoms with Crippen LogP contribution in [0.15, 0.2) is 29.6 Å². The van der Waals surface area contributed by atoms with Gasteiger partial charge in [0.05, 0.1) is 12.1 Å². The molecule has 1 fully saturated rings. The number of nitrogens with two attached hydrogens (primary N) is 1. The molecule has 1 aliphatic rings. The standard InChI is InChI=1S/C16H21N5OS/c1-20-6-8-21(9-7-20)19-15(22)10-12-11-23-16(18-12)13-4-2-3-5-14(13)17/h2-5,11H,6-10,17H2,1H3,(H,19,22). The third kappa shape index (κ3) is 4.07. The van der Waals surface area contributed by atoms with Crippen molar-refractivity contribution in [2.75, 3.05) is 39.0 Å². The van der Waals surface area contributed by atoms with Gasteiger partial charge in [0.15, 0.2) is 0 Å². The molecule has 0 saturated carbocycles. The number of hydrogen-bond acceptors (Lipinski definition) is 6. The first-order valence-electron chi connectivity index (χ1n) is 7.64. The number of thiazole rings is 1. The van der Waals surface area contributed by atoms with Crippen LogP contribution in [-0.2, 0) is 11.2 Å². The number of carbonyl (C=O) groups is 1. The van der Waals surface area contributed by atoms with Crippen molar-refractivity contribution in [1.82, 2.24) is 20.3 Å². The van der Waals surface area contributed by atoms with Gasteiger partial charge in [-0.2, -0.15) is 0 Å². The minimum atomic E-state index is -0.0209. The van der Waals surface area contributed by atoms with E-state index in [2.05, 4.69) is 22.4 Å². The SMILES string of the molecule is CN1CCN(NC(=O)Cc2csc(-c3ccccc3N)n2)CC1. The van der Waals surface area contributed by atoms with Crippen LogP contribution in [0.2, 0.25) is 0 Å². The van der Waals surface area contributed by atoms with Crippen LogP contribution >= 0.6 is 11.3 Å². The number of hydrazine groups is 1. The molecule has 0 atom stereocenters. The maximum absolute atomic E-state index is 12.1. The fourth-order valence-electron chi connectivity index (χ4n) is 2.50. The van der Waals surface area contributed by atoms with E-state index >= 15 is 0 Å². The number of rotatable bonds is 4. The van der Waals surface area contributed by atoms with Crippen LogP contribution in [0.1, 0.15) is 5.69 Å². The quantitative estimate of drug-likeness (QED) is 0.824. The van der Waals surface area contributed by atoms with E-state index in [4.69, 9.17) is 5.73 Å². The average molecular weight is 331 g/mol. The van der Waals surface area contributed by atoms with Gasteiger partial charge in [0.2, 0.25) is 5.91 Å². The van der Waals surface area contributed by atoms with Crippen LogP contribution < -0.4 is 11.2 Å². The second kappa shape index (κ2) is 7.08. The van der Waals surface area contributed by atoms with Crippen LogP contribution in [0.5, 0.6) is 0 Å². The molecule has 3 N–H and O–H groups in total. The number of anilines is 1. The zero-order valence-electron chi connectivity index (χ0n) is 13.2. The average Bonchev–Trinajstić information content (AvgIpc) is 2.98. The first-order chi connectivity index (χ1) is 11.1. The first kappa shape index (κ1) is 15.9. The predicted octanol–water partition coefficient (Wildman–Crippen LogP) is 1.21. The van der Waals surface area contributed by atoms with E-state index in [1.807, 2.05) is 34.7 Å². The van der Waals surface area contributed by atoms with Gasteiger partial charge in [-0.25, -0.2) is 9.99 Å². The molecule has 1 aliphatic heterocycles. The number of likely N-dealkylation sites (N-methyl/N-ethyl adjacent to an activating group) is 1. The van der Waals surface area contributed by atoms with Gasteiger partial charge in [-0.15, -0.1) is 11.3 Å². The summed E-state index contributed by atoms with van der Waals surface area (Å²) < 4.78 is 0. The largest absolute Gasteiger partial charge is 0.398 e. The highest BCUT2D eigenvalue weighted by atomic mass is 32.1. The fraction of sp³-hybridized carbons (Fsp3) is 0.375. The summed E-state index contributed by atoms with van der Waals surface area (Å²) >= 11 is 1.51. The van der Waals surface area contributed by atoms with Gasteiger partial charge in [0.1, 0.15) is 5.01 Å². The number of aromatic nitrogens is 1. The molecular weight excluding hydrogens is 310 g/mol. The van der Waals surface area contributed by atoms with Crippen molar-refractivity contribution in [2.45, 2.75) is 6.42 Å². The second-order valence-corrected chi connectivity index (χ2v) is 6.59. The number of piperazine rings is 1. The maximum Gasteiger partial charge on any atom is 0.240 e. The van der Waals surface area contributed by atoms with Gasteiger partial charge in [0.25, 0.3) is 0 Å². The zero-order chi connectivity index (χ0) is 16.2. The van der Waals surface area contributed by atoms with Crippen molar-refractivity contribution in [3.63, 3.8) is 0 Å². The van der Waals surface area contributed by atoms with E-state index in [9.17, 15) is 4.79 Å². The van der Waals surface area contributed by atoms with Crippen molar-refractivity contribution in [3.8, 4) is 10.6 Å². The highest BCUT2D eigenvalue weighted by Crippen LogP contribution is 2.28. The van der Waals surface area contributed by atoms with Gasteiger partial charge >= 0.3 is 0 Å². The Morgan fingerprint density at radius 2 is 2.04 bits per heavy atom. The lowest BCUT2D eigenvalue weighted by molar-refractivity contribution is -0.126. The lowest BCUT2D eigenvalue weighted by Crippen LogP contribution is -2.52. The highest BCUT2D eigenvalue weighted by molar-refractivity contribution is 7.13. The Hall–Kier alpha value is -1.96. The van der Waals surface area contributed by atoms with Crippen LogP contribution in [0.3, 0.4) is 0 Å². The number of hydrogen-bond donors (Lipinski definition) is 2. The maximum atomic E-state index is 12.1. The van der Waals surface area contributed by atoms with E-state index in [-0.39, 0.29) is 12.3 Å². The lowest BCUT2D eigenvalue weighted by atomic mass is 10.2. The Labute approximate surface area is 139 Å². The van der Waals surface area contributed by atoms with Gasteiger partial charge in [-0.1, -0.05) is 12.1 Å². The molecule has 122 valence electrons. The smallest absolute Gasteiger partial charge is 0.240 e. The molecule has 0 bridgehead atoms. The van der Waals surface area contributed by atoms with Crippen molar-refractivity contribution in [2.24, 2.45) is 0 Å². The Morgan fingerprint density at radius 1 is 1.30 bits per heavy atom. The van der Waals surface area contributed by atoms with E-state index in [1.165, 1.54) is 11.3 Å². The number of benzene rings is 1. The molecule has 2 aromatic rings. The number of carbonyl (C=O) groups excluding carboxylic acids is 1. The van der Waals surface area contributed by atoms with Gasteiger partial charge in [-0.3, -0.25) is 10.2 Å². The summed E-state index contributed by atoms with van der Waals surface area (Å²) in [7, 11) is 2.09. The molecule has 1 saturated heterocycles. The van der Waals surface area contributed by atoms with Crippen molar-refractivity contribution >= 4 is 22.9 Å². The third-order valence-corrected chi connectivity index (χ3v) is 4.80. The number of amides is 1. The Bertz CT molecular complexity index is 679. The summed E-state index contributed by atoms with van der Waals surface area (Å²) in [5.74, 6) is -0.0209. The van der Waals surface area contributed by atoms with Crippen LogP contribution in [0.4, 0.5) is 5.69 Å². The van der Waals surface area contributed by atoms with Crippen LogP contribution in [-0.4, -0.2) is 54.0 Å². The van der Waals surface area contributed by atoms with Crippen molar-refractivity contribution in [3.05, 3.63) is 35.3 Å². The van der Waals surface area contributed by atoms with Crippen molar-refractivity contribution < 1.29 is 4.79 Å². The summed E-state index contributed by atoms with van der Waals surface area (Å²) in [6, 6.07) is 7.64. The molecule has 7 heteroatoms. The molecule has 1 aromatic carbocycles. The van der Waals surface area contributed by atoms with Gasteiger partial charge < -0.3 is 10.6 Å². The third-order valence-electron chi connectivity index (χ3n) is 3.87. The number of para-hydroxylation sites is 1. The monoisotopic (exact) mass is 331 g/mol. The molecule has 23 heavy (non-hydrogen) atoms. The van der Waals surface area contributed by atoms with Crippen LogP contribution in [0, 0.1) is 0 Å². The first-order valence-corrected chi connectivity index (χ1v) is 8.52. The highest BCUT2D eigenvalue weighted by Gasteiger charge is 2.17. The Kier molecular flexibility index (Phi) is 4.90. The van der Waals surface area contributed by atoms with Crippen LogP contribution in [0.25, 0.3) is 10.6 Å². The lowest BCUT2D eigenvalue weighted by Gasteiger charge is -2.32. The summed E-state index contributed by atoms with van der Waals surface area (Å²) in [5.41, 5.74) is 11.3. The molecule has 0 unspecified atom stereocenters. The van der Waals surface area contributed by atoms with Crippen molar-refractivity contribution in [1.29, 1.82) is 0 Å². The summed E-state index contributed by atoms with van der Waals surface area (Å²) in [6.07, 6.45) is 0.287. The fourth-order valence-corrected chi connectivity index (χ4v) is 3.37. The Balaban J connectivity index is 1.58. The molecular formula is C16H21N5OS. The van der Waals surface area contributed by atoms with Gasteiger partial charge in [-0.05, 0) is 19.2 Å². The summed E-state index contributed by atoms with van der Waals surface area (Å²) in [6.45, 7) is 3.64. The van der Waals surface area contributed by atoms with E-state index in [0.717, 1.165) is 42.4 Å². The zero-order valence-corrected chi connectivity index (χ0v) is 14.0. The van der Waals surface area contributed by atoms with Gasteiger partial charge in [0, 0.05) is 42.8 Å². The minimum absolute atomic E-state index is 0.0209. The Morgan fingerprint density at radius 3 is 2.78 bits per heavy atom. The molecule has 1 aromatic heterocycles. The molecule has 2 heterocycles. The molecule has 0 spiro atoms. The molecule has 6 nitrogen and oxygen atoms in total. The summed E-state index contributed by atoms with van der Waals surface area (Å²) in [5, 5.41) is 4.75. The molecule has 0 radical (unpaired) electrons. The number of nitrogen functional groups attached to an aromatic ring is 1. The molecule has 3 rings (SSSR count). The van der Waals surface area contributed by atoms with E-state index < -0.39 is 0 Å². The number of nitrogens with one attached hydrogen (secondary N) is 1. The minimum Gasteiger partial charge on any atom is -0.398 e.